The molecule has 0 fully saturated rings. The lowest BCUT2D eigenvalue weighted by Crippen LogP contribution is -2.20. The van der Waals surface area contributed by atoms with Crippen LogP contribution in [0.1, 0.15) is 15.9 Å². The minimum atomic E-state index is -0.636. The summed E-state index contributed by atoms with van der Waals surface area (Å²) in [5, 5.41) is 11.3. The van der Waals surface area contributed by atoms with Crippen molar-refractivity contribution < 1.29 is 23.8 Å². The first kappa shape index (κ1) is 15.4. The number of nitriles is 1. The molecule has 0 atom stereocenters. The van der Waals surface area contributed by atoms with Crippen LogP contribution in [-0.2, 0) is 9.53 Å². The van der Waals surface area contributed by atoms with E-state index in [-0.39, 0.29) is 12.4 Å². The smallest absolute Gasteiger partial charge is 0.338 e. The SMILES string of the molecule is N#Cc1ccc(NC(=O)COC(=O)c2ccc3c(c2)OCO3)cc1. The van der Waals surface area contributed by atoms with Crippen LogP contribution in [0.3, 0.4) is 0 Å². The Bertz CT molecular complexity index is 824. The van der Waals surface area contributed by atoms with Gasteiger partial charge in [-0.15, -0.1) is 0 Å². The third-order valence-electron chi connectivity index (χ3n) is 3.24. The molecule has 1 aliphatic rings. The highest BCUT2D eigenvalue weighted by molar-refractivity contribution is 5.95. The predicted molar refractivity (Wildman–Crippen MR) is 82.6 cm³/mol. The number of carbonyl (C=O) groups excluding carboxylic acids is 2. The van der Waals surface area contributed by atoms with Gasteiger partial charge in [-0.3, -0.25) is 4.79 Å². The second-order valence-electron chi connectivity index (χ2n) is 4.88. The van der Waals surface area contributed by atoms with Crippen molar-refractivity contribution in [1.82, 2.24) is 0 Å². The van der Waals surface area contributed by atoms with Gasteiger partial charge in [-0.05, 0) is 42.5 Å². The maximum absolute atomic E-state index is 12.0. The van der Waals surface area contributed by atoms with Crippen LogP contribution in [0.5, 0.6) is 11.5 Å². The molecule has 24 heavy (non-hydrogen) atoms. The van der Waals surface area contributed by atoms with E-state index in [1.165, 1.54) is 12.1 Å². The number of carbonyl (C=O) groups is 2. The van der Waals surface area contributed by atoms with Crippen molar-refractivity contribution in [2.45, 2.75) is 0 Å². The van der Waals surface area contributed by atoms with E-state index in [0.717, 1.165) is 0 Å². The second-order valence-corrected chi connectivity index (χ2v) is 4.88. The largest absolute Gasteiger partial charge is 0.454 e. The zero-order valence-corrected chi connectivity index (χ0v) is 12.4. The van der Waals surface area contributed by atoms with Crippen molar-refractivity contribution in [2.24, 2.45) is 0 Å². The predicted octanol–water partition coefficient (Wildman–Crippen LogP) is 2.08. The third-order valence-corrected chi connectivity index (χ3v) is 3.24. The molecule has 2 aromatic carbocycles. The van der Waals surface area contributed by atoms with E-state index < -0.39 is 18.5 Å². The second kappa shape index (κ2) is 6.71. The Morgan fingerprint density at radius 2 is 1.88 bits per heavy atom. The summed E-state index contributed by atoms with van der Waals surface area (Å²) in [6.45, 7) is -0.311. The Morgan fingerprint density at radius 3 is 2.62 bits per heavy atom. The molecule has 0 spiro atoms. The number of hydrogen-bond donors (Lipinski definition) is 1. The van der Waals surface area contributed by atoms with Gasteiger partial charge in [0.25, 0.3) is 5.91 Å². The molecule has 1 amide bonds. The molecule has 0 bridgehead atoms. The lowest BCUT2D eigenvalue weighted by Gasteiger charge is -2.07. The van der Waals surface area contributed by atoms with Crippen LogP contribution in [-0.4, -0.2) is 25.3 Å². The molecule has 120 valence electrons. The molecular weight excluding hydrogens is 312 g/mol. The summed E-state index contributed by atoms with van der Waals surface area (Å²) >= 11 is 0. The standard InChI is InChI=1S/C17H12N2O5/c18-8-11-1-4-13(5-2-11)19-16(20)9-22-17(21)12-3-6-14-15(7-12)24-10-23-14/h1-7H,9-10H2,(H,19,20). The fraction of sp³-hybridized carbons (Fsp3) is 0.118. The molecule has 1 heterocycles. The molecule has 0 aliphatic carbocycles. The molecule has 7 heteroatoms. The van der Waals surface area contributed by atoms with Gasteiger partial charge in [-0.1, -0.05) is 0 Å². The average Bonchev–Trinajstić information content (AvgIpc) is 3.08. The van der Waals surface area contributed by atoms with Gasteiger partial charge >= 0.3 is 5.97 Å². The van der Waals surface area contributed by atoms with E-state index in [0.29, 0.717) is 22.7 Å². The molecule has 1 N–H and O–H groups in total. The number of nitrogens with one attached hydrogen (secondary N) is 1. The number of rotatable bonds is 4. The highest BCUT2D eigenvalue weighted by Gasteiger charge is 2.17. The zero-order valence-electron chi connectivity index (χ0n) is 12.4. The average molecular weight is 324 g/mol. The number of fused-ring (bicyclic) bond motifs is 1. The highest BCUT2D eigenvalue weighted by atomic mass is 16.7. The van der Waals surface area contributed by atoms with Crippen LogP contribution in [0, 0.1) is 11.3 Å². The first-order valence-electron chi connectivity index (χ1n) is 7.02. The van der Waals surface area contributed by atoms with Crippen molar-refractivity contribution in [3.63, 3.8) is 0 Å². The van der Waals surface area contributed by atoms with Gasteiger partial charge in [-0.2, -0.15) is 5.26 Å². The van der Waals surface area contributed by atoms with Crippen molar-refractivity contribution in [3.8, 4) is 17.6 Å². The van der Waals surface area contributed by atoms with E-state index in [9.17, 15) is 9.59 Å². The third kappa shape index (κ3) is 3.44. The van der Waals surface area contributed by atoms with Gasteiger partial charge < -0.3 is 19.5 Å². The molecule has 0 saturated heterocycles. The van der Waals surface area contributed by atoms with E-state index in [1.54, 1.807) is 30.3 Å². The van der Waals surface area contributed by atoms with Crippen LogP contribution in [0.25, 0.3) is 0 Å². The molecule has 7 nitrogen and oxygen atoms in total. The molecule has 0 unspecified atom stereocenters. The van der Waals surface area contributed by atoms with Crippen LogP contribution in [0.4, 0.5) is 5.69 Å². The first-order valence-corrected chi connectivity index (χ1v) is 7.02. The Kier molecular flexibility index (Phi) is 4.29. The molecule has 2 aromatic rings. The summed E-state index contributed by atoms with van der Waals surface area (Å²) in [6.07, 6.45) is 0. The summed E-state index contributed by atoms with van der Waals surface area (Å²) in [6, 6.07) is 13.0. The zero-order chi connectivity index (χ0) is 16.9. The van der Waals surface area contributed by atoms with Crippen LogP contribution in [0.15, 0.2) is 42.5 Å². The number of benzene rings is 2. The summed E-state index contributed by atoms with van der Waals surface area (Å²) < 4.78 is 15.3. The van der Waals surface area contributed by atoms with Gasteiger partial charge in [0.2, 0.25) is 6.79 Å². The van der Waals surface area contributed by atoms with Crippen molar-refractivity contribution in [3.05, 3.63) is 53.6 Å². The van der Waals surface area contributed by atoms with E-state index in [1.807, 2.05) is 6.07 Å². The minimum absolute atomic E-state index is 0.112. The molecule has 3 rings (SSSR count). The van der Waals surface area contributed by atoms with Crippen molar-refractivity contribution >= 4 is 17.6 Å². The Hall–Kier alpha value is -3.53. The van der Waals surface area contributed by atoms with Crippen LogP contribution >= 0.6 is 0 Å². The van der Waals surface area contributed by atoms with Crippen molar-refractivity contribution in [2.75, 3.05) is 18.7 Å². The van der Waals surface area contributed by atoms with E-state index in [2.05, 4.69) is 5.32 Å². The lowest BCUT2D eigenvalue weighted by molar-refractivity contribution is -0.119. The topological polar surface area (TPSA) is 97.7 Å². The van der Waals surface area contributed by atoms with Gasteiger partial charge in [0, 0.05) is 5.69 Å². The summed E-state index contributed by atoms with van der Waals surface area (Å²) in [4.78, 5) is 23.7. The molecule has 0 saturated carbocycles. The lowest BCUT2D eigenvalue weighted by atomic mass is 10.2. The quantitative estimate of drug-likeness (QED) is 0.865. The highest BCUT2D eigenvalue weighted by Crippen LogP contribution is 2.32. The minimum Gasteiger partial charge on any atom is -0.454 e. The summed E-state index contributed by atoms with van der Waals surface area (Å²) in [7, 11) is 0. The Morgan fingerprint density at radius 1 is 1.12 bits per heavy atom. The fourth-order valence-electron chi connectivity index (χ4n) is 2.06. The number of hydrogen-bond acceptors (Lipinski definition) is 6. The van der Waals surface area contributed by atoms with E-state index in [4.69, 9.17) is 19.5 Å². The van der Waals surface area contributed by atoms with Gasteiger partial charge in [0.1, 0.15) is 0 Å². The summed E-state index contributed by atoms with van der Waals surface area (Å²) in [5.74, 6) is -0.0892. The maximum atomic E-state index is 12.0. The molecule has 0 radical (unpaired) electrons. The van der Waals surface area contributed by atoms with Crippen LogP contribution < -0.4 is 14.8 Å². The number of esters is 1. The first-order chi connectivity index (χ1) is 11.7. The fourth-order valence-corrected chi connectivity index (χ4v) is 2.06. The Labute approximate surface area is 137 Å². The molecular formula is C17H12N2O5. The van der Waals surface area contributed by atoms with Gasteiger partial charge in [-0.25, -0.2) is 4.79 Å². The number of amides is 1. The summed E-state index contributed by atoms with van der Waals surface area (Å²) in [5.41, 5.74) is 1.27. The van der Waals surface area contributed by atoms with Crippen LogP contribution in [0.2, 0.25) is 0 Å². The van der Waals surface area contributed by atoms with Crippen molar-refractivity contribution in [1.29, 1.82) is 5.26 Å². The van der Waals surface area contributed by atoms with Gasteiger partial charge in [0.15, 0.2) is 18.1 Å². The van der Waals surface area contributed by atoms with Gasteiger partial charge in [0.05, 0.1) is 17.2 Å². The molecule has 1 aliphatic heterocycles. The monoisotopic (exact) mass is 324 g/mol. The number of ether oxygens (including phenoxy) is 3. The number of nitrogens with zero attached hydrogens (tertiary/aromatic N) is 1. The Balaban J connectivity index is 1.53. The number of anilines is 1. The molecule has 0 aromatic heterocycles. The maximum Gasteiger partial charge on any atom is 0.338 e. The normalized spacial score (nSPS) is 11.5. The van der Waals surface area contributed by atoms with E-state index >= 15 is 0 Å².